The third-order valence-corrected chi connectivity index (χ3v) is 6.12. The Morgan fingerprint density at radius 3 is 2.24 bits per heavy atom. The van der Waals surface area contributed by atoms with Crippen molar-refractivity contribution in [3.63, 3.8) is 0 Å². The highest BCUT2D eigenvalue weighted by Crippen LogP contribution is 2.29. The molecule has 0 saturated heterocycles. The lowest BCUT2D eigenvalue weighted by atomic mass is 10.1. The van der Waals surface area contributed by atoms with E-state index < -0.39 is 10.0 Å². The van der Waals surface area contributed by atoms with Crippen LogP contribution in [0.2, 0.25) is 0 Å². The summed E-state index contributed by atoms with van der Waals surface area (Å²) in [5.74, 6) is 1.14. The van der Waals surface area contributed by atoms with Crippen molar-refractivity contribution in [2.24, 2.45) is 0 Å². The summed E-state index contributed by atoms with van der Waals surface area (Å²) in [6.07, 6.45) is 0.128. The van der Waals surface area contributed by atoms with Gasteiger partial charge in [-0.15, -0.1) is 0 Å². The lowest BCUT2D eigenvalue weighted by molar-refractivity contribution is -0.115. The van der Waals surface area contributed by atoms with Gasteiger partial charge in [-0.05, 0) is 74.0 Å². The summed E-state index contributed by atoms with van der Waals surface area (Å²) in [6.45, 7) is 3.86. The van der Waals surface area contributed by atoms with E-state index in [4.69, 9.17) is 14.2 Å². The third kappa shape index (κ3) is 6.64. The molecule has 3 aromatic rings. The number of hydrogen-bond acceptors (Lipinski definition) is 6. The molecule has 8 nitrogen and oxygen atoms in total. The van der Waals surface area contributed by atoms with Gasteiger partial charge in [0.1, 0.15) is 22.1 Å². The van der Waals surface area contributed by atoms with Gasteiger partial charge in [-0.2, -0.15) is 0 Å². The van der Waals surface area contributed by atoms with Gasteiger partial charge in [-0.1, -0.05) is 12.1 Å². The SMILES string of the molecule is COc1ccc(NS(=O)(=O)c2cc(NC(=O)Cc3cccc(OC(C)C)c3)ccc2OC)cc1. The quantitative estimate of drug-likeness (QED) is 0.440. The Morgan fingerprint density at radius 2 is 1.59 bits per heavy atom. The van der Waals surface area contributed by atoms with Crippen LogP contribution in [0, 0.1) is 0 Å². The van der Waals surface area contributed by atoms with E-state index >= 15 is 0 Å². The number of amides is 1. The highest BCUT2D eigenvalue weighted by Gasteiger charge is 2.21. The Bertz CT molecular complexity index is 1240. The zero-order chi connectivity index (χ0) is 24.7. The average Bonchev–Trinajstić information content (AvgIpc) is 2.79. The van der Waals surface area contributed by atoms with Crippen molar-refractivity contribution in [1.29, 1.82) is 0 Å². The minimum Gasteiger partial charge on any atom is -0.497 e. The van der Waals surface area contributed by atoms with E-state index in [2.05, 4.69) is 10.0 Å². The number of anilines is 2. The Hall–Kier alpha value is -3.72. The number of sulfonamides is 1. The van der Waals surface area contributed by atoms with Crippen LogP contribution in [0.15, 0.2) is 71.6 Å². The predicted octanol–water partition coefficient (Wildman–Crippen LogP) is 4.47. The standard InChI is InChI=1S/C25H28N2O6S/c1-17(2)33-22-7-5-6-18(14-22)15-25(28)26-20-10-13-23(32-4)24(16-20)34(29,30)27-19-8-11-21(31-3)12-9-19/h5-14,16-17,27H,15H2,1-4H3,(H,26,28). The first-order valence-electron chi connectivity index (χ1n) is 10.6. The van der Waals surface area contributed by atoms with Gasteiger partial charge in [-0.25, -0.2) is 8.42 Å². The van der Waals surface area contributed by atoms with E-state index in [0.29, 0.717) is 22.9 Å². The first-order chi connectivity index (χ1) is 16.2. The summed E-state index contributed by atoms with van der Waals surface area (Å²) in [4.78, 5) is 12.5. The molecule has 3 aromatic carbocycles. The van der Waals surface area contributed by atoms with Crippen LogP contribution in [-0.4, -0.2) is 34.6 Å². The van der Waals surface area contributed by atoms with Gasteiger partial charge in [0.2, 0.25) is 5.91 Å². The maximum Gasteiger partial charge on any atom is 0.265 e. The third-order valence-electron chi connectivity index (χ3n) is 4.71. The smallest absolute Gasteiger partial charge is 0.265 e. The topological polar surface area (TPSA) is 103 Å². The van der Waals surface area contributed by atoms with Crippen LogP contribution >= 0.6 is 0 Å². The van der Waals surface area contributed by atoms with Crippen molar-refractivity contribution in [3.8, 4) is 17.2 Å². The number of ether oxygens (including phenoxy) is 3. The fourth-order valence-electron chi connectivity index (χ4n) is 3.23. The Labute approximate surface area is 199 Å². The zero-order valence-corrected chi connectivity index (χ0v) is 20.3. The zero-order valence-electron chi connectivity index (χ0n) is 19.5. The molecule has 0 saturated carbocycles. The molecule has 180 valence electrons. The minimum absolute atomic E-state index is 0.0234. The molecule has 0 radical (unpaired) electrons. The van der Waals surface area contributed by atoms with Gasteiger partial charge in [0, 0.05) is 11.4 Å². The lowest BCUT2D eigenvalue weighted by Crippen LogP contribution is -2.17. The Morgan fingerprint density at radius 1 is 0.882 bits per heavy atom. The number of carbonyl (C=O) groups excluding carboxylic acids is 1. The van der Waals surface area contributed by atoms with Crippen molar-refractivity contribution in [2.45, 2.75) is 31.3 Å². The molecule has 9 heteroatoms. The van der Waals surface area contributed by atoms with Gasteiger partial charge in [0.15, 0.2) is 0 Å². The summed E-state index contributed by atoms with van der Waals surface area (Å²) in [5.41, 5.74) is 1.47. The largest absolute Gasteiger partial charge is 0.497 e. The normalized spacial score (nSPS) is 11.1. The maximum absolute atomic E-state index is 13.0. The molecule has 0 bridgehead atoms. The van der Waals surface area contributed by atoms with Crippen molar-refractivity contribution >= 4 is 27.3 Å². The van der Waals surface area contributed by atoms with Crippen LogP contribution in [0.1, 0.15) is 19.4 Å². The van der Waals surface area contributed by atoms with E-state index in [1.165, 1.54) is 26.4 Å². The number of benzene rings is 3. The molecule has 0 aliphatic heterocycles. The van der Waals surface area contributed by atoms with Gasteiger partial charge in [-0.3, -0.25) is 9.52 Å². The fraction of sp³-hybridized carbons (Fsp3) is 0.240. The van der Waals surface area contributed by atoms with Gasteiger partial charge >= 0.3 is 0 Å². The van der Waals surface area contributed by atoms with Gasteiger partial charge in [0.05, 0.1) is 26.7 Å². The maximum atomic E-state index is 13.0. The number of carbonyl (C=O) groups is 1. The van der Waals surface area contributed by atoms with E-state index in [1.54, 1.807) is 30.3 Å². The second kappa shape index (κ2) is 10.9. The molecule has 0 spiro atoms. The highest BCUT2D eigenvalue weighted by molar-refractivity contribution is 7.92. The number of methoxy groups -OCH3 is 2. The molecule has 0 aliphatic carbocycles. The lowest BCUT2D eigenvalue weighted by Gasteiger charge is -2.14. The van der Waals surface area contributed by atoms with Crippen LogP contribution in [0.4, 0.5) is 11.4 Å². The van der Waals surface area contributed by atoms with Crippen molar-refractivity contribution in [3.05, 3.63) is 72.3 Å². The molecule has 0 fully saturated rings. The fourth-order valence-corrected chi connectivity index (χ4v) is 4.48. The number of nitrogens with one attached hydrogen (secondary N) is 2. The molecule has 1 amide bonds. The van der Waals surface area contributed by atoms with Crippen molar-refractivity contribution < 1.29 is 27.4 Å². The minimum atomic E-state index is -3.99. The summed E-state index contributed by atoms with van der Waals surface area (Å²) in [5, 5.41) is 2.75. The van der Waals surface area contributed by atoms with Crippen LogP contribution in [0.3, 0.4) is 0 Å². The molecular weight excluding hydrogens is 456 g/mol. The summed E-state index contributed by atoms with van der Waals surface area (Å²) in [6, 6.07) is 18.2. The molecule has 3 rings (SSSR count). The monoisotopic (exact) mass is 484 g/mol. The summed E-state index contributed by atoms with van der Waals surface area (Å²) in [7, 11) is -1.08. The number of rotatable bonds is 10. The highest BCUT2D eigenvalue weighted by atomic mass is 32.2. The number of hydrogen-bond donors (Lipinski definition) is 2. The molecule has 2 N–H and O–H groups in total. The van der Waals surface area contributed by atoms with Gasteiger partial charge < -0.3 is 19.5 Å². The second-order valence-corrected chi connectivity index (χ2v) is 9.39. The average molecular weight is 485 g/mol. The second-order valence-electron chi connectivity index (χ2n) is 7.74. The molecule has 0 aliphatic rings. The summed E-state index contributed by atoms with van der Waals surface area (Å²) < 4.78 is 44.6. The molecule has 0 aromatic heterocycles. The van der Waals surface area contributed by atoms with Crippen LogP contribution in [0.5, 0.6) is 17.2 Å². The molecule has 0 unspecified atom stereocenters. The summed E-state index contributed by atoms with van der Waals surface area (Å²) >= 11 is 0. The first-order valence-corrected chi connectivity index (χ1v) is 12.1. The van der Waals surface area contributed by atoms with Crippen molar-refractivity contribution in [1.82, 2.24) is 0 Å². The van der Waals surface area contributed by atoms with E-state index in [0.717, 1.165) is 5.56 Å². The van der Waals surface area contributed by atoms with Crippen LogP contribution in [-0.2, 0) is 21.2 Å². The first kappa shape index (κ1) is 24.9. The molecule has 0 heterocycles. The van der Waals surface area contributed by atoms with E-state index in [1.807, 2.05) is 38.1 Å². The Balaban J connectivity index is 1.77. The van der Waals surface area contributed by atoms with Crippen LogP contribution in [0.25, 0.3) is 0 Å². The van der Waals surface area contributed by atoms with E-state index in [9.17, 15) is 13.2 Å². The van der Waals surface area contributed by atoms with Crippen LogP contribution < -0.4 is 24.2 Å². The van der Waals surface area contributed by atoms with Crippen molar-refractivity contribution in [2.75, 3.05) is 24.3 Å². The Kier molecular flexibility index (Phi) is 8.01. The molecule has 0 atom stereocenters. The molecular formula is C25H28N2O6S. The van der Waals surface area contributed by atoms with Gasteiger partial charge in [0.25, 0.3) is 10.0 Å². The molecule has 34 heavy (non-hydrogen) atoms. The van der Waals surface area contributed by atoms with E-state index in [-0.39, 0.29) is 29.1 Å². The predicted molar refractivity (Wildman–Crippen MR) is 131 cm³/mol.